The van der Waals surface area contributed by atoms with E-state index >= 15 is 0 Å². The monoisotopic (exact) mass is 364 g/mol. The summed E-state index contributed by atoms with van der Waals surface area (Å²) < 4.78 is 37.9. The van der Waals surface area contributed by atoms with Crippen molar-refractivity contribution in [3.05, 3.63) is 54.0 Å². The average molecular weight is 364 g/mol. The Morgan fingerprint density at radius 2 is 2.12 bits per heavy atom. The Labute approximate surface area is 149 Å². The second-order valence-corrected chi connectivity index (χ2v) is 6.29. The van der Waals surface area contributed by atoms with E-state index in [0.717, 1.165) is 30.7 Å². The normalized spacial score (nSPS) is 17.8. The third-order valence-electron chi connectivity index (χ3n) is 4.27. The second-order valence-electron chi connectivity index (χ2n) is 6.29. The first-order chi connectivity index (χ1) is 12.4. The van der Waals surface area contributed by atoms with E-state index < -0.39 is 11.7 Å². The molecule has 2 aromatic heterocycles. The summed E-state index contributed by atoms with van der Waals surface area (Å²) in [5.41, 5.74) is 0.0710. The number of aromatic nitrogens is 2. The molecule has 0 aromatic carbocycles. The van der Waals surface area contributed by atoms with Gasteiger partial charge in [0.05, 0.1) is 12.0 Å². The lowest BCUT2D eigenvalue weighted by Gasteiger charge is -2.34. The Balaban J connectivity index is 1.58. The quantitative estimate of drug-likeness (QED) is 0.906. The first-order valence-electron chi connectivity index (χ1n) is 8.38. The van der Waals surface area contributed by atoms with Crippen LogP contribution < -0.4 is 10.2 Å². The van der Waals surface area contributed by atoms with Crippen LogP contribution in [0.3, 0.4) is 0 Å². The molecule has 3 rings (SSSR count). The van der Waals surface area contributed by atoms with E-state index in [0.29, 0.717) is 18.9 Å². The highest BCUT2D eigenvalue weighted by molar-refractivity contribution is 5.78. The van der Waals surface area contributed by atoms with E-state index in [2.05, 4.69) is 15.3 Å². The molecular weight excluding hydrogens is 345 g/mol. The van der Waals surface area contributed by atoms with E-state index in [-0.39, 0.29) is 18.4 Å². The van der Waals surface area contributed by atoms with Gasteiger partial charge in [0.25, 0.3) is 0 Å². The summed E-state index contributed by atoms with van der Waals surface area (Å²) in [6.45, 7) is 1.23. The summed E-state index contributed by atoms with van der Waals surface area (Å²) in [6, 6.07) is 5.97. The zero-order chi connectivity index (χ0) is 18.6. The molecule has 5 nitrogen and oxygen atoms in total. The van der Waals surface area contributed by atoms with E-state index in [9.17, 15) is 18.0 Å². The number of hydrogen-bond donors (Lipinski definition) is 1. The van der Waals surface area contributed by atoms with Crippen molar-refractivity contribution in [3.63, 3.8) is 0 Å². The SMILES string of the molecule is O=C(Cc1cccnc1)NC1CCCN(c2ccc(C(F)(F)F)cn2)C1. The highest BCUT2D eigenvalue weighted by Crippen LogP contribution is 2.29. The number of halogens is 3. The zero-order valence-electron chi connectivity index (χ0n) is 14.0. The number of nitrogens with zero attached hydrogens (tertiary/aromatic N) is 3. The van der Waals surface area contributed by atoms with Gasteiger partial charge in [-0.15, -0.1) is 0 Å². The Kier molecular flexibility index (Phi) is 5.39. The van der Waals surface area contributed by atoms with Crippen LogP contribution in [0.4, 0.5) is 19.0 Å². The van der Waals surface area contributed by atoms with Crippen LogP contribution in [0.5, 0.6) is 0 Å². The van der Waals surface area contributed by atoms with Gasteiger partial charge in [-0.05, 0) is 36.6 Å². The Bertz CT molecular complexity index is 734. The number of hydrogen-bond acceptors (Lipinski definition) is 4. The second kappa shape index (κ2) is 7.72. The van der Waals surface area contributed by atoms with Crippen molar-refractivity contribution >= 4 is 11.7 Å². The first-order valence-corrected chi connectivity index (χ1v) is 8.38. The van der Waals surface area contributed by atoms with Gasteiger partial charge in [0.1, 0.15) is 5.82 Å². The lowest BCUT2D eigenvalue weighted by atomic mass is 10.0. The number of carbonyl (C=O) groups excluding carboxylic acids is 1. The minimum absolute atomic E-state index is 0.0583. The van der Waals surface area contributed by atoms with Gasteiger partial charge in [0, 0.05) is 37.7 Å². The van der Waals surface area contributed by atoms with Crippen LogP contribution in [0, 0.1) is 0 Å². The average Bonchev–Trinajstić information content (AvgIpc) is 2.62. The smallest absolute Gasteiger partial charge is 0.355 e. The van der Waals surface area contributed by atoms with Gasteiger partial charge in [-0.25, -0.2) is 4.98 Å². The minimum atomic E-state index is -4.39. The molecule has 1 N–H and O–H groups in total. The molecule has 8 heteroatoms. The summed E-state index contributed by atoms with van der Waals surface area (Å²) in [7, 11) is 0. The summed E-state index contributed by atoms with van der Waals surface area (Å²) in [6.07, 6.45) is 1.67. The maximum absolute atomic E-state index is 12.6. The molecule has 1 unspecified atom stereocenters. The van der Waals surface area contributed by atoms with Gasteiger partial charge in [-0.1, -0.05) is 6.07 Å². The number of rotatable bonds is 4. The molecule has 0 radical (unpaired) electrons. The fraction of sp³-hybridized carbons (Fsp3) is 0.389. The highest BCUT2D eigenvalue weighted by Gasteiger charge is 2.31. The highest BCUT2D eigenvalue weighted by atomic mass is 19.4. The first kappa shape index (κ1) is 18.2. The van der Waals surface area contributed by atoms with Crippen LogP contribution in [0.15, 0.2) is 42.9 Å². The van der Waals surface area contributed by atoms with Crippen molar-refractivity contribution in [1.82, 2.24) is 15.3 Å². The third kappa shape index (κ3) is 4.71. The van der Waals surface area contributed by atoms with Crippen molar-refractivity contribution < 1.29 is 18.0 Å². The zero-order valence-corrected chi connectivity index (χ0v) is 14.0. The van der Waals surface area contributed by atoms with Gasteiger partial charge in [0.2, 0.25) is 5.91 Å². The van der Waals surface area contributed by atoms with Crippen LogP contribution in [-0.4, -0.2) is 35.0 Å². The van der Waals surface area contributed by atoms with Crippen LogP contribution in [0.25, 0.3) is 0 Å². The standard InChI is InChI=1S/C18H19F3N4O/c19-18(20,21)14-5-6-16(23-11-14)25-8-2-4-15(12-25)24-17(26)9-13-3-1-7-22-10-13/h1,3,5-7,10-11,15H,2,4,8-9,12H2,(H,24,26). The maximum Gasteiger partial charge on any atom is 0.417 e. The van der Waals surface area contributed by atoms with E-state index in [1.165, 1.54) is 6.07 Å². The lowest BCUT2D eigenvalue weighted by molar-refractivity contribution is -0.137. The minimum Gasteiger partial charge on any atom is -0.355 e. The van der Waals surface area contributed by atoms with E-state index in [4.69, 9.17) is 0 Å². The molecule has 1 aliphatic rings. The summed E-state index contributed by atoms with van der Waals surface area (Å²) >= 11 is 0. The van der Waals surface area contributed by atoms with Crippen molar-refractivity contribution in [2.24, 2.45) is 0 Å². The van der Waals surface area contributed by atoms with Crippen molar-refractivity contribution in [1.29, 1.82) is 0 Å². The molecule has 0 aliphatic carbocycles. The molecule has 2 aromatic rings. The van der Waals surface area contributed by atoms with Crippen molar-refractivity contribution in [2.45, 2.75) is 31.5 Å². The summed E-state index contributed by atoms with van der Waals surface area (Å²) in [5, 5.41) is 2.99. The number of amides is 1. The largest absolute Gasteiger partial charge is 0.417 e. The predicted octanol–water partition coefficient (Wildman–Crippen LogP) is 2.82. The third-order valence-corrected chi connectivity index (χ3v) is 4.27. The molecule has 0 bridgehead atoms. The fourth-order valence-corrected chi connectivity index (χ4v) is 3.01. The molecular formula is C18H19F3N4O. The molecule has 0 spiro atoms. The van der Waals surface area contributed by atoms with Crippen LogP contribution in [-0.2, 0) is 17.4 Å². The molecule has 3 heterocycles. The van der Waals surface area contributed by atoms with Crippen molar-refractivity contribution in [3.8, 4) is 0 Å². The van der Waals surface area contributed by atoms with Crippen LogP contribution in [0.2, 0.25) is 0 Å². The van der Waals surface area contributed by atoms with Gasteiger partial charge >= 0.3 is 6.18 Å². The lowest BCUT2D eigenvalue weighted by Crippen LogP contribution is -2.48. The molecule has 1 amide bonds. The van der Waals surface area contributed by atoms with Crippen molar-refractivity contribution in [2.75, 3.05) is 18.0 Å². The number of carbonyl (C=O) groups is 1. The molecule has 26 heavy (non-hydrogen) atoms. The van der Waals surface area contributed by atoms with Crippen LogP contribution in [0.1, 0.15) is 24.0 Å². The summed E-state index contributed by atoms with van der Waals surface area (Å²) in [5.74, 6) is 0.398. The molecule has 1 fully saturated rings. The van der Waals surface area contributed by atoms with Gasteiger partial charge in [-0.3, -0.25) is 9.78 Å². The number of anilines is 1. The van der Waals surface area contributed by atoms with Crippen LogP contribution >= 0.6 is 0 Å². The predicted molar refractivity (Wildman–Crippen MR) is 90.6 cm³/mol. The fourth-order valence-electron chi connectivity index (χ4n) is 3.01. The topological polar surface area (TPSA) is 58.1 Å². The molecule has 1 atom stereocenters. The van der Waals surface area contributed by atoms with E-state index in [1.807, 2.05) is 11.0 Å². The van der Waals surface area contributed by atoms with E-state index in [1.54, 1.807) is 18.5 Å². The Hall–Kier alpha value is -2.64. The Morgan fingerprint density at radius 3 is 2.77 bits per heavy atom. The molecule has 0 saturated carbocycles. The number of alkyl halides is 3. The van der Waals surface area contributed by atoms with Gasteiger partial charge < -0.3 is 10.2 Å². The molecule has 1 aliphatic heterocycles. The summed E-state index contributed by atoms with van der Waals surface area (Å²) in [4.78, 5) is 22.0. The maximum atomic E-state index is 12.6. The van der Waals surface area contributed by atoms with Gasteiger partial charge in [0.15, 0.2) is 0 Å². The van der Waals surface area contributed by atoms with Gasteiger partial charge in [-0.2, -0.15) is 13.2 Å². The number of pyridine rings is 2. The molecule has 1 saturated heterocycles. The molecule has 138 valence electrons. The number of nitrogens with one attached hydrogen (secondary N) is 1. The number of piperidine rings is 1. The Morgan fingerprint density at radius 1 is 1.27 bits per heavy atom.